The summed E-state index contributed by atoms with van der Waals surface area (Å²) in [4.78, 5) is 44.7. The first-order valence-corrected chi connectivity index (χ1v) is 8.64. The van der Waals surface area contributed by atoms with Crippen molar-refractivity contribution in [2.45, 2.75) is 18.9 Å². The van der Waals surface area contributed by atoms with Crippen LogP contribution in [0.15, 0.2) is 29.3 Å². The molecule has 0 radical (unpaired) electrons. The lowest BCUT2D eigenvalue weighted by atomic mass is 9.92. The van der Waals surface area contributed by atoms with Crippen molar-refractivity contribution in [1.29, 1.82) is 0 Å². The SMILES string of the molecule is CCC12COC(=O)N1CCN(C(=O)c1ccc3c(=O)n(C)cnc3c1)C2. The van der Waals surface area contributed by atoms with Crippen LogP contribution in [0, 0.1) is 0 Å². The standard InChI is InChI=1S/C18H20N4O4/c1-3-18-9-21(6-7-22(18)17(25)26-10-18)15(23)12-4-5-13-14(8-12)19-11-20(2)16(13)24/h4-5,8,11H,3,6-7,9-10H2,1-2H3. The van der Waals surface area contributed by atoms with E-state index in [1.807, 2.05) is 6.92 Å². The molecule has 136 valence electrons. The van der Waals surface area contributed by atoms with Crippen LogP contribution in [0.3, 0.4) is 0 Å². The van der Waals surface area contributed by atoms with Crippen LogP contribution in [0.5, 0.6) is 0 Å². The number of fused-ring (bicyclic) bond motifs is 2. The first kappa shape index (κ1) is 16.6. The predicted octanol–water partition coefficient (Wildman–Crippen LogP) is 0.990. The van der Waals surface area contributed by atoms with Gasteiger partial charge in [0.25, 0.3) is 11.5 Å². The van der Waals surface area contributed by atoms with Crippen molar-refractivity contribution >= 4 is 22.9 Å². The Morgan fingerprint density at radius 2 is 2.12 bits per heavy atom. The average molecular weight is 356 g/mol. The van der Waals surface area contributed by atoms with E-state index >= 15 is 0 Å². The highest BCUT2D eigenvalue weighted by Gasteiger charge is 2.50. The van der Waals surface area contributed by atoms with E-state index in [4.69, 9.17) is 4.74 Å². The summed E-state index contributed by atoms with van der Waals surface area (Å²) < 4.78 is 6.62. The first-order valence-electron chi connectivity index (χ1n) is 8.64. The highest BCUT2D eigenvalue weighted by atomic mass is 16.6. The summed E-state index contributed by atoms with van der Waals surface area (Å²) in [6.45, 7) is 3.67. The molecule has 2 saturated heterocycles. The van der Waals surface area contributed by atoms with E-state index in [1.54, 1.807) is 35.0 Å². The van der Waals surface area contributed by atoms with E-state index in [0.717, 1.165) is 6.42 Å². The van der Waals surface area contributed by atoms with Crippen LogP contribution in [0.2, 0.25) is 0 Å². The number of nitrogens with zero attached hydrogens (tertiary/aromatic N) is 4. The maximum atomic E-state index is 13.0. The Kier molecular flexibility index (Phi) is 3.71. The summed E-state index contributed by atoms with van der Waals surface area (Å²) in [6.07, 6.45) is 1.87. The van der Waals surface area contributed by atoms with Crippen molar-refractivity contribution in [3.8, 4) is 0 Å². The van der Waals surface area contributed by atoms with Gasteiger partial charge in [-0.25, -0.2) is 9.78 Å². The lowest BCUT2D eigenvalue weighted by Crippen LogP contribution is -2.62. The molecule has 8 nitrogen and oxygen atoms in total. The van der Waals surface area contributed by atoms with Crippen LogP contribution >= 0.6 is 0 Å². The largest absolute Gasteiger partial charge is 0.447 e. The van der Waals surface area contributed by atoms with Gasteiger partial charge in [0.2, 0.25) is 0 Å². The lowest BCUT2D eigenvalue weighted by Gasteiger charge is -2.44. The topological polar surface area (TPSA) is 84.7 Å². The summed E-state index contributed by atoms with van der Waals surface area (Å²) >= 11 is 0. The average Bonchev–Trinajstić information content (AvgIpc) is 3.00. The molecule has 1 aromatic carbocycles. The van der Waals surface area contributed by atoms with Crippen LogP contribution in [0.4, 0.5) is 4.79 Å². The number of hydrogen-bond acceptors (Lipinski definition) is 5. The number of cyclic esters (lactones) is 1. The maximum Gasteiger partial charge on any atom is 0.410 e. The fourth-order valence-electron chi connectivity index (χ4n) is 3.76. The number of amides is 2. The molecule has 1 unspecified atom stereocenters. The van der Waals surface area contributed by atoms with Gasteiger partial charge in [0.05, 0.1) is 22.8 Å². The number of benzene rings is 1. The molecule has 2 aliphatic rings. The molecule has 1 aromatic heterocycles. The quantitative estimate of drug-likeness (QED) is 0.801. The van der Waals surface area contributed by atoms with E-state index < -0.39 is 5.54 Å². The Balaban J connectivity index is 1.64. The molecule has 2 aliphatic heterocycles. The number of aryl methyl sites for hydroxylation is 1. The Hall–Kier alpha value is -2.90. The minimum Gasteiger partial charge on any atom is -0.447 e. The smallest absolute Gasteiger partial charge is 0.410 e. The van der Waals surface area contributed by atoms with Crippen molar-refractivity contribution in [1.82, 2.24) is 19.4 Å². The molecular formula is C18H20N4O4. The molecule has 2 fully saturated rings. The zero-order chi connectivity index (χ0) is 18.5. The molecule has 0 saturated carbocycles. The summed E-state index contributed by atoms with van der Waals surface area (Å²) in [5.41, 5.74) is 0.398. The molecular weight excluding hydrogens is 336 g/mol. The molecule has 4 rings (SSSR count). The highest BCUT2D eigenvalue weighted by Crippen LogP contribution is 2.32. The van der Waals surface area contributed by atoms with Gasteiger partial charge in [0.15, 0.2) is 0 Å². The molecule has 8 heteroatoms. The minimum atomic E-state index is -0.448. The number of carbonyl (C=O) groups excluding carboxylic acids is 2. The molecule has 2 aromatic rings. The number of rotatable bonds is 2. The molecule has 3 heterocycles. The molecule has 0 bridgehead atoms. The van der Waals surface area contributed by atoms with Gasteiger partial charge in [0, 0.05) is 32.2 Å². The van der Waals surface area contributed by atoms with Crippen LogP contribution in [0.1, 0.15) is 23.7 Å². The van der Waals surface area contributed by atoms with Gasteiger partial charge < -0.3 is 14.2 Å². The second-order valence-electron chi connectivity index (χ2n) is 6.90. The molecule has 0 N–H and O–H groups in total. The normalized spacial score (nSPS) is 22.5. The molecule has 26 heavy (non-hydrogen) atoms. The molecule has 0 aliphatic carbocycles. The second-order valence-corrected chi connectivity index (χ2v) is 6.90. The predicted molar refractivity (Wildman–Crippen MR) is 94.0 cm³/mol. The van der Waals surface area contributed by atoms with Crippen LogP contribution < -0.4 is 5.56 Å². The minimum absolute atomic E-state index is 0.124. The summed E-state index contributed by atoms with van der Waals surface area (Å²) in [5.74, 6) is -0.124. The van der Waals surface area contributed by atoms with Gasteiger partial charge in [-0.05, 0) is 24.6 Å². The Morgan fingerprint density at radius 3 is 2.88 bits per heavy atom. The monoisotopic (exact) mass is 356 g/mol. The number of aromatic nitrogens is 2. The van der Waals surface area contributed by atoms with Gasteiger partial charge >= 0.3 is 6.09 Å². The number of hydrogen-bond donors (Lipinski definition) is 0. The van der Waals surface area contributed by atoms with Crippen LogP contribution in [-0.4, -0.2) is 63.1 Å². The van der Waals surface area contributed by atoms with Crippen molar-refractivity contribution in [3.05, 3.63) is 40.4 Å². The third-order valence-electron chi connectivity index (χ3n) is 5.45. The fourth-order valence-corrected chi connectivity index (χ4v) is 3.76. The summed E-state index contributed by atoms with van der Waals surface area (Å²) in [7, 11) is 1.64. The van der Waals surface area contributed by atoms with Crippen molar-refractivity contribution in [2.75, 3.05) is 26.2 Å². The van der Waals surface area contributed by atoms with E-state index in [1.165, 1.54) is 10.9 Å². The van der Waals surface area contributed by atoms with E-state index in [-0.39, 0.29) is 17.6 Å². The maximum absolute atomic E-state index is 13.0. The zero-order valence-electron chi connectivity index (χ0n) is 14.8. The van der Waals surface area contributed by atoms with Crippen molar-refractivity contribution < 1.29 is 14.3 Å². The van der Waals surface area contributed by atoms with Crippen LogP contribution in [-0.2, 0) is 11.8 Å². The Labute approximate surface area is 150 Å². The second kappa shape index (κ2) is 5.82. The van der Waals surface area contributed by atoms with Gasteiger partial charge in [-0.15, -0.1) is 0 Å². The van der Waals surface area contributed by atoms with Gasteiger partial charge in [-0.2, -0.15) is 0 Å². The molecule has 1 atom stereocenters. The Bertz CT molecular complexity index is 969. The number of carbonyl (C=O) groups is 2. The van der Waals surface area contributed by atoms with E-state index in [9.17, 15) is 14.4 Å². The number of piperazine rings is 1. The highest BCUT2D eigenvalue weighted by molar-refractivity contribution is 5.98. The van der Waals surface area contributed by atoms with Gasteiger partial charge in [-0.1, -0.05) is 6.92 Å². The van der Waals surface area contributed by atoms with Gasteiger partial charge in [-0.3, -0.25) is 14.5 Å². The third-order valence-corrected chi connectivity index (χ3v) is 5.45. The molecule has 2 amide bonds. The Morgan fingerprint density at radius 1 is 1.31 bits per heavy atom. The van der Waals surface area contributed by atoms with E-state index in [0.29, 0.717) is 42.7 Å². The van der Waals surface area contributed by atoms with Crippen molar-refractivity contribution in [3.63, 3.8) is 0 Å². The zero-order valence-corrected chi connectivity index (χ0v) is 14.8. The third kappa shape index (κ3) is 2.36. The summed E-state index contributed by atoms with van der Waals surface area (Å²) in [5, 5.41) is 0.483. The molecule has 0 spiro atoms. The van der Waals surface area contributed by atoms with Crippen LogP contribution in [0.25, 0.3) is 10.9 Å². The lowest BCUT2D eigenvalue weighted by molar-refractivity contribution is 0.0362. The van der Waals surface area contributed by atoms with Crippen molar-refractivity contribution in [2.24, 2.45) is 7.05 Å². The first-order chi connectivity index (χ1) is 12.4. The summed E-state index contributed by atoms with van der Waals surface area (Å²) in [6, 6.07) is 4.96. The van der Waals surface area contributed by atoms with E-state index in [2.05, 4.69) is 4.98 Å². The number of ether oxygens (including phenoxy) is 1. The fraction of sp³-hybridized carbons (Fsp3) is 0.444. The van der Waals surface area contributed by atoms with Gasteiger partial charge in [0.1, 0.15) is 6.61 Å².